The van der Waals surface area contributed by atoms with Crippen molar-refractivity contribution in [2.45, 2.75) is 13.1 Å². The number of nitrogens with zero attached hydrogens (tertiary/aromatic N) is 1. The number of carbonyl (C=O) groups excluding carboxylic acids is 1. The highest BCUT2D eigenvalue weighted by atomic mass is 19.4. The monoisotopic (exact) mass is 351 g/mol. The normalized spacial score (nSPS) is 11.6. The molecule has 132 valence electrons. The fourth-order valence-corrected chi connectivity index (χ4v) is 2.11. The van der Waals surface area contributed by atoms with Gasteiger partial charge in [-0.05, 0) is 31.2 Å². The third-order valence-electron chi connectivity index (χ3n) is 3.25. The number of carbonyl (C=O) groups is 1. The van der Waals surface area contributed by atoms with Gasteiger partial charge in [-0.25, -0.2) is 9.78 Å². The molecule has 2 rings (SSSR count). The number of aromatic nitrogens is 1. The number of pyridine rings is 1. The summed E-state index contributed by atoms with van der Waals surface area (Å²) in [7, 11) is 1.46. The van der Waals surface area contributed by atoms with Crippen molar-refractivity contribution in [2.75, 3.05) is 13.7 Å². The molecule has 0 aliphatic heterocycles. The number of rotatable bonds is 5. The lowest BCUT2D eigenvalue weighted by Crippen LogP contribution is -2.09. The number of hydrogen-bond donors (Lipinski definition) is 0. The zero-order valence-electron chi connectivity index (χ0n) is 13.6. The van der Waals surface area contributed by atoms with Gasteiger partial charge in [-0.2, -0.15) is 13.2 Å². The van der Waals surface area contributed by atoms with Crippen molar-refractivity contribution in [3.05, 3.63) is 53.7 Å². The lowest BCUT2D eigenvalue weighted by molar-refractivity contribution is -0.141. The Hall–Kier alpha value is -2.83. The van der Waals surface area contributed by atoms with Crippen LogP contribution in [-0.4, -0.2) is 24.7 Å². The Morgan fingerprint density at radius 2 is 2.00 bits per heavy atom. The van der Waals surface area contributed by atoms with E-state index in [1.165, 1.54) is 19.3 Å². The number of ether oxygens (including phenoxy) is 2. The molecule has 0 bridgehead atoms. The van der Waals surface area contributed by atoms with Gasteiger partial charge in [0.2, 0.25) is 0 Å². The van der Waals surface area contributed by atoms with Crippen LogP contribution in [0.4, 0.5) is 13.2 Å². The molecule has 1 heterocycles. The van der Waals surface area contributed by atoms with Gasteiger partial charge in [0.15, 0.2) is 0 Å². The number of hydrogen-bond acceptors (Lipinski definition) is 4. The van der Waals surface area contributed by atoms with E-state index in [-0.39, 0.29) is 12.3 Å². The summed E-state index contributed by atoms with van der Waals surface area (Å²) in [6.07, 6.45) is -2.05. The van der Waals surface area contributed by atoms with E-state index >= 15 is 0 Å². The third kappa shape index (κ3) is 4.82. The summed E-state index contributed by atoms with van der Waals surface area (Å²) in [6, 6.07) is 8.64. The second-order valence-corrected chi connectivity index (χ2v) is 4.95. The highest BCUT2D eigenvalue weighted by Gasteiger charge is 2.33. The van der Waals surface area contributed by atoms with Crippen LogP contribution in [0.5, 0.6) is 5.75 Å². The molecule has 1 aromatic heterocycles. The summed E-state index contributed by atoms with van der Waals surface area (Å²) in [5.74, 6) is -0.101. The fourth-order valence-electron chi connectivity index (χ4n) is 2.11. The largest absolute Gasteiger partial charge is 0.497 e. The quantitative estimate of drug-likeness (QED) is 0.593. The maximum absolute atomic E-state index is 13.0. The van der Waals surface area contributed by atoms with E-state index in [4.69, 9.17) is 9.47 Å². The Kier molecular flexibility index (Phi) is 5.80. The molecule has 0 saturated carbocycles. The summed E-state index contributed by atoms with van der Waals surface area (Å²) in [4.78, 5) is 15.2. The Bertz CT molecular complexity index is 785. The van der Waals surface area contributed by atoms with Crippen molar-refractivity contribution in [3.63, 3.8) is 0 Å². The zero-order valence-corrected chi connectivity index (χ0v) is 13.6. The summed E-state index contributed by atoms with van der Waals surface area (Å²) in [5.41, 5.74) is -0.129. The van der Waals surface area contributed by atoms with Gasteiger partial charge in [0.1, 0.15) is 11.4 Å². The molecule has 0 fully saturated rings. The molecule has 0 saturated heterocycles. The van der Waals surface area contributed by atoms with Crippen molar-refractivity contribution < 1.29 is 27.4 Å². The van der Waals surface area contributed by atoms with E-state index in [0.717, 1.165) is 12.1 Å². The predicted molar refractivity (Wildman–Crippen MR) is 86.9 cm³/mol. The highest BCUT2D eigenvalue weighted by molar-refractivity contribution is 5.88. The zero-order chi connectivity index (χ0) is 18.4. The maximum atomic E-state index is 13.0. The molecular weight excluding hydrogens is 335 g/mol. The summed E-state index contributed by atoms with van der Waals surface area (Å²) >= 11 is 0. The Morgan fingerprint density at radius 1 is 1.24 bits per heavy atom. The number of alkyl halides is 3. The van der Waals surface area contributed by atoms with Crippen LogP contribution in [0, 0.1) is 0 Å². The molecule has 1 aromatic carbocycles. The van der Waals surface area contributed by atoms with E-state index < -0.39 is 17.8 Å². The van der Waals surface area contributed by atoms with Gasteiger partial charge in [0.05, 0.1) is 19.4 Å². The number of halogens is 3. The Balaban J connectivity index is 2.53. The smallest absolute Gasteiger partial charge is 0.433 e. The first-order valence-corrected chi connectivity index (χ1v) is 7.42. The molecule has 2 aromatic rings. The van der Waals surface area contributed by atoms with Crippen LogP contribution in [0.2, 0.25) is 0 Å². The minimum Gasteiger partial charge on any atom is -0.497 e. The van der Waals surface area contributed by atoms with Crippen LogP contribution < -0.4 is 4.74 Å². The number of benzene rings is 1. The van der Waals surface area contributed by atoms with Gasteiger partial charge < -0.3 is 9.47 Å². The summed E-state index contributed by atoms with van der Waals surface area (Å²) in [5, 5.41) is 0. The minimum atomic E-state index is -4.57. The van der Waals surface area contributed by atoms with E-state index in [9.17, 15) is 18.0 Å². The van der Waals surface area contributed by atoms with Crippen LogP contribution in [0.1, 0.15) is 18.2 Å². The van der Waals surface area contributed by atoms with Crippen LogP contribution in [0.25, 0.3) is 17.3 Å². The van der Waals surface area contributed by atoms with Crippen LogP contribution in [0.3, 0.4) is 0 Å². The first-order chi connectivity index (χ1) is 11.8. The van der Waals surface area contributed by atoms with Gasteiger partial charge >= 0.3 is 12.1 Å². The SMILES string of the molecule is CCOC(=O)C=Cc1ccc(C(F)(F)F)nc1-c1cccc(OC)c1. The number of esters is 1. The minimum absolute atomic E-state index is 0.0919. The summed E-state index contributed by atoms with van der Waals surface area (Å²) < 4.78 is 48.9. The molecule has 0 spiro atoms. The summed E-state index contributed by atoms with van der Waals surface area (Å²) in [6.45, 7) is 1.87. The van der Waals surface area contributed by atoms with E-state index in [0.29, 0.717) is 16.9 Å². The molecule has 0 amide bonds. The Morgan fingerprint density at radius 3 is 2.64 bits per heavy atom. The van der Waals surface area contributed by atoms with Crippen molar-refractivity contribution in [3.8, 4) is 17.0 Å². The molecule has 0 aliphatic rings. The van der Waals surface area contributed by atoms with E-state index in [1.54, 1.807) is 31.2 Å². The van der Waals surface area contributed by atoms with Crippen molar-refractivity contribution in [1.82, 2.24) is 4.98 Å². The molecule has 0 N–H and O–H groups in total. The second kappa shape index (κ2) is 7.83. The van der Waals surface area contributed by atoms with Gasteiger partial charge in [-0.3, -0.25) is 0 Å². The fraction of sp³-hybridized carbons (Fsp3) is 0.222. The average Bonchev–Trinajstić information content (AvgIpc) is 2.59. The average molecular weight is 351 g/mol. The first kappa shape index (κ1) is 18.5. The highest BCUT2D eigenvalue weighted by Crippen LogP contribution is 2.32. The molecule has 7 heteroatoms. The first-order valence-electron chi connectivity index (χ1n) is 7.42. The van der Waals surface area contributed by atoms with E-state index in [2.05, 4.69) is 4.98 Å². The topological polar surface area (TPSA) is 48.4 Å². The van der Waals surface area contributed by atoms with Crippen molar-refractivity contribution in [1.29, 1.82) is 0 Å². The molecular formula is C18H16F3NO3. The van der Waals surface area contributed by atoms with Crippen LogP contribution in [0.15, 0.2) is 42.5 Å². The van der Waals surface area contributed by atoms with Crippen LogP contribution >= 0.6 is 0 Å². The third-order valence-corrected chi connectivity index (χ3v) is 3.25. The lowest BCUT2D eigenvalue weighted by atomic mass is 10.0. The Labute approximate surface area is 142 Å². The molecule has 0 radical (unpaired) electrons. The van der Waals surface area contributed by atoms with Gasteiger partial charge in [-0.15, -0.1) is 0 Å². The van der Waals surface area contributed by atoms with Gasteiger partial charge in [0.25, 0.3) is 0 Å². The molecule has 0 aliphatic carbocycles. The van der Waals surface area contributed by atoms with Crippen LogP contribution in [-0.2, 0) is 15.7 Å². The van der Waals surface area contributed by atoms with Gasteiger partial charge in [-0.1, -0.05) is 18.2 Å². The van der Waals surface area contributed by atoms with Crippen molar-refractivity contribution >= 4 is 12.0 Å². The van der Waals surface area contributed by atoms with Gasteiger partial charge in [0, 0.05) is 17.2 Å². The predicted octanol–water partition coefficient (Wildman–Crippen LogP) is 4.35. The maximum Gasteiger partial charge on any atom is 0.433 e. The van der Waals surface area contributed by atoms with E-state index in [1.807, 2.05) is 0 Å². The van der Waals surface area contributed by atoms with Crippen molar-refractivity contribution in [2.24, 2.45) is 0 Å². The second-order valence-electron chi connectivity index (χ2n) is 4.95. The molecule has 4 nitrogen and oxygen atoms in total. The molecule has 0 atom stereocenters. The standard InChI is InChI=1S/C18H16F3NO3/c1-3-25-16(23)10-8-12-7-9-15(18(19,20)21)22-17(12)13-5-4-6-14(11-13)24-2/h4-11H,3H2,1-2H3. The number of methoxy groups -OCH3 is 1. The lowest BCUT2D eigenvalue weighted by Gasteiger charge is -2.11. The molecule has 25 heavy (non-hydrogen) atoms. The molecule has 0 unspecified atom stereocenters.